The predicted molar refractivity (Wildman–Crippen MR) is 74.9 cm³/mol. The summed E-state index contributed by atoms with van der Waals surface area (Å²) in [7, 11) is 0. The van der Waals surface area contributed by atoms with Gasteiger partial charge in [0, 0.05) is 10.0 Å². The Morgan fingerprint density at radius 2 is 1.89 bits per heavy atom. The zero-order valence-corrected chi connectivity index (χ0v) is 11.7. The quantitative estimate of drug-likeness (QED) is 0.757. The topological polar surface area (TPSA) is 33.0 Å². The highest BCUT2D eigenvalue weighted by molar-refractivity contribution is 9.10. The summed E-state index contributed by atoms with van der Waals surface area (Å²) in [5, 5.41) is 8.72. The van der Waals surface area contributed by atoms with Gasteiger partial charge < -0.3 is 4.74 Å². The number of ether oxygens (including phenoxy) is 1. The third-order valence-electron chi connectivity index (χ3n) is 2.38. The lowest BCUT2D eigenvalue weighted by atomic mass is 10.2. The summed E-state index contributed by atoms with van der Waals surface area (Å²) in [5.74, 6) is 1.78. The zero-order chi connectivity index (χ0) is 13.0. The average molecular weight is 323 g/mol. The van der Waals surface area contributed by atoms with Gasteiger partial charge in [-0.1, -0.05) is 22.0 Å². The van der Waals surface area contributed by atoms with Crippen LogP contribution in [0.4, 0.5) is 0 Å². The Bertz CT molecular complexity index is 590. The van der Waals surface area contributed by atoms with E-state index in [-0.39, 0.29) is 0 Å². The third kappa shape index (κ3) is 3.04. The Kier molecular flexibility index (Phi) is 4.24. The lowest BCUT2D eigenvalue weighted by Gasteiger charge is -2.10. The van der Waals surface area contributed by atoms with E-state index in [1.54, 1.807) is 24.3 Å². The summed E-state index contributed by atoms with van der Waals surface area (Å²) >= 11 is 9.26. The highest BCUT2D eigenvalue weighted by Crippen LogP contribution is 2.29. The Morgan fingerprint density at radius 1 is 1.17 bits per heavy atom. The summed E-state index contributed by atoms with van der Waals surface area (Å²) < 4.78 is 6.69. The van der Waals surface area contributed by atoms with E-state index >= 15 is 0 Å². The molecule has 18 heavy (non-hydrogen) atoms. The molecule has 0 spiro atoms. The molecule has 0 aromatic heterocycles. The molecule has 0 aliphatic rings. The summed E-state index contributed by atoms with van der Waals surface area (Å²) in [4.78, 5) is 0. The minimum atomic E-state index is 0.388. The summed E-state index contributed by atoms with van der Waals surface area (Å²) in [6, 6.07) is 14.7. The molecule has 0 saturated carbocycles. The standard InChI is InChI=1S/C14H9BrClNO/c15-12-4-3-11(8-16)14(7-12)18-13-5-1-10(9-17)2-6-13/h1-7H,8H2. The molecular weight excluding hydrogens is 314 g/mol. The molecule has 0 N–H and O–H groups in total. The van der Waals surface area contributed by atoms with E-state index in [1.807, 2.05) is 18.2 Å². The first-order valence-corrected chi connectivity index (χ1v) is 6.58. The Morgan fingerprint density at radius 3 is 2.50 bits per heavy atom. The van der Waals surface area contributed by atoms with Crippen molar-refractivity contribution in [2.75, 3.05) is 0 Å². The van der Waals surface area contributed by atoms with E-state index in [9.17, 15) is 0 Å². The second kappa shape index (κ2) is 5.90. The van der Waals surface area contributed by atoms with Gasteiger partial charge in [0.2, 0.25) is 0 Å². The van der Waals surface area contributed by atoms with Gasteiger partial charge in [-0.3, -0.25) is 0 Å². The smallest absolute Gasteiger partial charge is 0.132 e. The van der Waals surface area contributed by atoms with Gasteiger partial charge in [0.15, 0.2) is 0 Å². The molecule has 0 unspecified atom stereocenters. The van der Waals surface area contributed by atoms with Crippen LogP contribution in [0.2, 0.25) is 0 Å². The summed E-state index contributed by atoms with van der Waals surface area (Å²) in [5.41, 5.74) is 1.53. The van der Waals surface area contributed by atoms with Gasteiger partial charge in [0.1, 0.15) is 11.5 Å². The molecule has 0 radical (unpaired) electrons. The monoisotopic (exact) mass is 321 g/mol. The Hall–Kier alpha value is -1.50. The molecule has 0 aliphatic heterocycles. The minimum absolute atomic E-state index is 0.388. The fraction of sp³-hybridized carbons (Fsp3) is 0.0714. The van der Waals surface area contributed by atoms with Crippen molar-refractivity contribution in [2.45, 2.75) is 5.88 Å². The van der Waals surface area contributed by atoms with E-state index in [2.05, 4.69) is 22.0 Å². The van der Waals surface area contributed by atoms with Crippen molar-refractivity contribution in [3.63, 3.8) is 0 Å². The van der Waals surface area contributed by atoms with Crippen LogP contribution in [0, 0.1) is 11.3 Å². The molecule has 0 atom stereocenters. The predicted octanol–water partition coefficient (Wildman–Crippen LogP) is 4.85. The first-order chi connectivity index (χ1) is 8.72. The van der Waals surface area contributed by atoms with Gasteiger partial charge in [-0.05, 0) is 36.4 Å². The second-order valence-electron chi connectivity index (χ2n) is 3.62. The van der Waals surface area contributed by atoms with Crippen molar-refractivity contribution >= 4 is 27.5 Å². The molecule has 0 saturated heterocycles. The number of alkyl halides is 1. The molecule has 0 amide bonds. The first-order valence-electron chi connectivity index (χ1n) is 5.25. The van der Waals surface area contributed by atoms with Gasteiger partial charge in [-0.25, -0.2) is 0 Å². The van der Waals surface area contributed by atoms with Gasteiger partial charge in [0.25, 0.3) is 0 Å². The van der Waals surface area contributed by atoms with Crippen LogP contribution in [0.1, 0.15) is 11.1 Å². The fourth-order valence-electron chi connectivity index (χ4n) is 1.46. The van der Waals surface area contributed by atoms with Gasteiger partial charge in [-0.2, -0.15) is 5.26 Å². The van der Waals surface area contributed by atoms with Crippen molar-refractivity contribution in [1.29, 1.82) is 5.26 Å². The van der Waals surface area contributed by atoms with Crippen LogP contribution in [-0.2, 0) is 5.88 Å². The SMILES string of the molecule is N#Cc1ccc(Oc2cc(Br)ccc2CCl)cc1. The molecule has 2 aromatic rings. The number of hydrogen-bond acceptors (Lipinski definition) is 2. The zero-order valence-electron chi connectivity index (χ0n) is 9.36. The van der Waals surface area contributed by atoms with Crippen molar-refractivity contribution in [3.8, 4) is 17.6 Å². The molecule has 2 aromatic carbocycles. The fourth-order valence-corrected chi connectivity index (χ4v) is 2.02. The Labute approximate surface area is 119 Å². The summed E-state index contributed by atoms with van der Waals surface area (Å²) in [6.45, 7) is 0. The van der Waals surface area contributed by atoms with Crippen LogP contribution in [-0.4, -0.2) is 0 Å². The summed E-state index contributed by atoms with van der Waals surface area (Å²) in [6.07, 6.45) is 0. The first kappa shape index (κ1) is 12.9. The van der Waals surface area contributed by atoms with Crippen LogP contribution in [0.15, 0.2) is 46.9 Å². The molecule has 0 heterocycles. The minimum Gasteiger partial charge on any atom is -0.457 e. The number of benzene rings is 2. The normalized spacial score (nSPS) is 9.83. The number of nitriles is 1. The number of rotatable bonds is 3. The van der Waals surface area contributed by atoms with E-state index in [1.165, 1.54) is 0 Å². The maximum atomic E-state index is 8.72. The molecule has 2 nitrogen and oxygen atoms in total. The lowest BCUT2D eigenvalue weighted by Crippen LogP contribution is -1.89. The lowest BCUT2D eigenvalue weighted by molar-refractivity contribution is 0.478. The van der Waals surface area contributed by atoms with Gasteiger partial charge in [-0.15, -0.1) is 11.6 Å². The van der Waals surface area contributed by atoms with Crippen molar-refractivity contribution in [1.82, 2.24) is 0 Å². The number of hydrogen-bond donors (Lipinski definition) is 0. The molecular formula is C14H9BrClNO. The molecule has 2 rings (SSSR count). The van der Waals surface area contributed by atoms with Crippen molar-refractivity contribution < 1.29 is 4.74 Å². The van der Waals surface area contributed by atoms with Crippen LogP contribution >= 0.6 is 27.5 Å². The van der Waals surface area contributed by atoms with E-state index in [4.69, 9.17) is 21.6 Å². The van der Waals surface area contributed by atoms with Crippen LogP contribution in [0.5, 0.6) is 11.5 Å². The van der Waals surface area contributed by atoms with Crippen LogP contribution in [0.3, 0.4) is 0 Å². The second-order valence-corrected chi connectivity index (χ2v) is 4.81. The van der Waals surface area contributed by atoms with Gasteiger partial charge >= 0.3 is 0 Å². The number of nitrogens with zero attached hydrogens (tertiary/aromatic N) is 1. The molecule has 0 bridgehead atoms. The molecule has 0 aliphatic carbocycles. The molecule has 90 valence electrons. The van der Waals surface area contributed by atoms with Crippen LogP contribution in [0.25, 0.3) is 0 Å². The largest absolute Gasteiger partial charge is 0.457 e. The maximum absolute atomic E-state index is 8.72. The maximum Gasteiger partial charge on any atom is 0.132 e. The highest BCUT2D eigenvalue weighted by atomic mass is 79.9. The van der Waals surface area contributed by atoms with E-state index in [0.717, 1.165) is 10.0 Å². The highest BCUT2D eigenvalue weighted by Gasteiger charge is 2.05. The Balaban J connectivity index is 2.27. The third-order valence-corrected chi connectivity index (χ3v) is 3.17. The number of halogens is 2. The molecule has 0 fully saturated rings. The molecule has 4 heteroatoms. The van der Waals surface area contributed by atoms with Gasteiger partial charge in [0.05, 0.1) is 17.5 Å². The van der Waals surface area contributed by atoms with E-state index < -0.39 is 0 Å². The van der Waals surface area contributed by atoms with Crippen LogP contribution < -0.4 is 4.74 Å². The average Bonchev–Trinajstić information content (AvgIpc) is 2.40. The van der Waals surface area contributed by atoms with Crippen molar-refractivity contribution in [3.05, 3.63) is 58.1 Å². The van der Waals surface area contributed by atoms with Crippen molar-refractivity contribution in [2.24, 2.45) is 0 Å². The van der Waals surface area contributed by atoms with E-state index in [0.29, 0.717) is 22.9 Å².